The number of amides is 2. The van der Waals surface area contributed by atoms with E-state index in [0.29, 0.717) is 28.3 Å². The van der Waals surface area contributed by atoms with Crippen LogP contribution in [0.4, 0.5) is 10.5 Å². The number of aliphatic carboxylic acids is 1. The van der Waals surface area contributed by atoms with Crippen molar-refractivity contribution in [2.24, 2.45) is 5.92 Å². The normalized spacial score (nSPS) is 22.6. The second-order valence-electron chi connectivity index (χ2n) is 10.8. The Hall–Kier alpha value is -4.63. The molecular formula is C33H30N2O6S. The van der Waals surface area contributed by atoms with Gasteiger partial charge >= 0.3 is 12.0 Å². The zero-order valence-electron chi connectivity index (χ0n) is 23.4. The Morgan fingerprint density at radius 1 is 0.929 bits per heavy atom. The number of rotatable bonds is 6. The molecule has 1 saturated heterocycles. The summed E-state index contributed by atoms with van der Waals surface area (Å²) in [6.07, 6.45) is 0. The monoisotopic (exact) mass is 582 g/mol. The molecular weight excluding hydrogens is 552 g/mol. The van der Waals surface area contributed by atoms with Crippen LogP contribution < -0.4 is 14.8 Å². The highest BCUT2D eigenvalue weighted by atomic mass is 32.1. The van der Waals surface area contributed by atoms with Crippen LogP contribution in [0, 0.1) is 19.8 Å². The summed E-state index contributed by atoms with van der Waals surface area (Å²) in [5.41, 5.74) is 1.44. The summed E-state index contributed by atoms with van der Waals surface area (Å²) in [7, 11) is 0. The van der Waals surface area contributed by atoms with Gasteiger partial charge in [-0.2, -0.15) is 0 Å². The number of para-hydroxylation sites is 1. The maximum Gasteiger partial charge on any atom is 0.330 e. The molecule has 3 aromatic carbocycles. The number of carboxylic acid groups (broad SMARTS) is 1. The second-order valence-corrected chi connectivity index (χ2v) is 11.8. The first-order valence-electron chi connectivity index (χ1n) is 13.6. The summed E-state index contributed by atoms with van der Waals surface area (Å²) in [6, 6.07) is 21.8. The van der Waals surface area contributed by atoms with Gasteiger partial charge in [0.25, 0.3) is 0 Å². The van der Waals surface area contributed by atoms with Crippen molar-refractivity contribution in [2.45, 2.75) is 38.3 Å². The number of ether oxygens (including phenoxy) is 2. The number of hydrogen-bond donors (Lipinski definition) is 2. The molecule has 0 aliphatic carbocycles. The first-order valence-corrected chi connectivity index (χ1v) is 14.5. The molecule has 8 nitrogen and oxygen atoms in total. The van der Waals surface area contributed by atoms with Gasteiger partial charge in [-0.05, 0) is 73.2 Å². The number of Topliss-reactive ketones (excluding diaryl/α,β-unsaturated/α-hetero) is 1. The molecule has 9 heteroatoms. The van der Waals surface area contributed by atoms with Crippen LogP contribution in [-0.4, -0.2) is 40.1 Å². The smallest absolute Gasteiger partial charge is 0.330 e. The summed E-state index contributed by atoms with van der Waals surface area (Å²) in [5.74, 6) is -2.17. The molecule has 42 heavy (non-hydrogen) atoms. The van der Waals surface area contributed by atoms with Crippen LogP contribution in [0.15, 0.2) is 84.2 Å². The molecule has 2 aliphatic heterocycles. The summed E-state index contributed by atoms with van der Waals surface area (Å²) in [6.45, 7) is 5.37. The second kappa shape index (κ2) is 10.6. The number of nitrogens with zero attached hydrogens (tertiary/aromatic N) is 1. The Bertz CT molecular complexity index is 1680. The van der Waals surface area contributed by atoms with E-state index < -0.39 is 35.4 Å². The lowest BCUT2D eigenvalue weighted by Gasteiger charge is -2.37. The van der Waals surface area contributed by atoms with E-state index in [1.807, 2.05) is 43.5 Å². The lowest BCUT2D eigenvalue weighted by molar-refractivity contribution is -0.148. The maximum atomic E-state index is 14.7. The lowest BCUT2D eigenvalue weighted by Crippen LogP contribution is -2.55. The third-order valence-corrected chi connectivity index (χ3v) is 9.50. The van der Waals surface area contributed by atoms with Crippen molar-refractivity contribution in [1.29, 1.82) is 0 Å². The van der Waals surface area contributed by atoms with Crippen molar-refractivity contribution in [3.05, 3.63) is 111 Å². The maximum absolute atomic E-state index is 14.7. The number of anilines is 1. The Morgan fingerprint density at radius 2 is 1.64 bits per heavy atom. The number of carbonyl (C=O) groups is 3. The van der Waals surface area contributed by atoms with Crippen LogP contribution in [0.5, 0.6) is 11.5 Å². The molecule has 4 aromatic rings. The highest BCUT2D eigenvalue weighted by Crippen LogP contribution is 2.58. The van der Waals surface area contributed by atoms with Gasteiger partial charge < -0.3 is 19.9 Å². The Balaban J connectivity index is 1.61. The molecule has 1 fully saturated rings. The number of ketones is 1. The van der Waals surface area contributed by atoms with Crippen molar-refractivity contribution in [1.82, 2.24) is 4.90 Å². The van der Waals surface area contributed by atoms with Gasteiger partial charge in [0, 0.05) is 22.0 Å². The van der Waals surface area contributed by atoms with Crippen molar-refractivity contribution in [3.8, 4) is 11.5 Å². The van der Waals surface area contributed by atoms with Crippen LogP contribution in [0.1, 0.15) is 50.8 Å². The average molecular weight is 583 g/mol. The van der Waals surface area contributed by atoms with E-state index >= 15 is 0 Å². The number of urea groups is 1. The minimum Gasteiger partial charge on any atom is -0.479 e. The van der Waals surface area contributed by atoms with Gasteiger partial charge in [0.1, 0.15) is 5.54 Å². The number of carbonyl (C=O) groups excluding carboxylic acids is 2. The predicted molar refractivity (Wildman–Crippen MR) is 159 cm³/mol. The molecule has 6 rings (SSSR count). The molecule has 0 saturated carbocycles. The number of aryl methyl sites for hydroxylation is 2. The number of thiophene rings is 1. The molecule has 0 bridgehead atoms. The average Bonchev–Trinajstić information content (AvgIpc) is 3.69. The van der Waals surface area contributed by atoms with Crippen molar-refractivity contribution >= 4 is 34.8 Å². The number of nitrogens with one attached hydrogen (secondary N) is 1. The molecule has 2 aliphatic rings. The van der Waals surface area contributed by atoms with Gasteiger partial charge in [-0.1, -0.05) is 48.5 Å². The van der Waals surface area contributed by atoms with E-state index in [9.17, 15) is 19.5 Å². The number of fused-ring (bicyclic) bond motifs is 1. The third kappa shape index (κ3) is 4.41. The van der Waals surface area contributed by atoms with Crippen LogP contribution in [0.2, 0.25) is 0 Å². The van der Waals surface area contributed by atoms with Crippen molar-refractivity contribution < 1.29 is 29.0 Å². The highest BCUT2D eigenvalue weighted by molar-refractivity contribution is 7.10. The van der Waals surface area contributed by atoms with E-state index in [-0.39, 0.29) is 12.6 Å². The van der Waals surface area contributed by atoms with Gasteiger partial charge in [0.15, 0.2) is 17.3 Å². The zero-order chi connectivity index (χ0) is 29.6. The number of likely N-dealkylation sites (tertiary alicyclic amines) is 1. The Morgan fingerprint density at radius 3 is 2.33 bits per heavy atom. The fourth-order valence-electron chi connectivity index (χ4n) is 6.31. The van der Waals surface area contributed by atoms with E-state index in [1.54, 1.807) is 61.5 Å². The fourth-order valence-corrected chi connectivity index (χ4v) is 7.50. The minimum atomic E-state index is -1.79. The van der Waals surface area contributed by atoms with Gasteiger partial charge in [-0.15, -0.1) is 11.3 Å². The van der Waals surface area contributed by atoms with E-state index in [4.69, 9.17) is 9.47 Å². The molecule has 2 amide bonds. The molecule has 3 heterocycles. The fraction of sp³-hybridized carbons (Fsp3) is 0.242. The van der Waals surface area contributed by atoms with Crippen LogP contribution >= 0.6 is 11.3 Å². The Kier molecular flexibility index (Phi) is 6.98. The summed E-state index contributed by atoms with van der Waals surface area (Å²) in [4.78, 5) is 44.6. The quantitative estimate of drug-likeness (QED) is 0.242. The largest absolute Gasteiger partial charge is 0.479 e. The van der Waals surface area contributed by atoms with Crippen LogP contribution in [0.25, 0.3) is 0 Å². The standard InChI is InChI=1S/C33H30N2O6S/c1-19-9-7-8-12-23(19)29(36)26-27(30-20(2)15-16-42-30)33(3,31(37)38)35(32(39)34-22-10-5-4-6-11-22)28(26)21-13-14-24-25(17-21)41-18-40-24/h4-17,26-28H,18H2,1-3H3,(H,34,39)(H,37,38). The summed E-state index contributed by atoms with van der Waals surface area (Å²) >= 11 is 1.40. The van der Waals surface area contributed by atoms with Crippen LogP contribution in [0.3, 0.4) is 0 Å². The minimum absolute atomic E-state index is 0.0527. The third-order valence-electron chi connectivity index (χ3n) is 8.40. The van der Waals surface area contributed by atoms with Crippen molar-refractivity contribution in [3.63, 3.8) is 0 Å². The van der Waals surface area contributed by atoms with Gasteiger partial charge in [0.05, 0.1) is 12.0 Å². The lowest BCUT2D eigenvalue weighted by atomic mass is 9.73. The van der Waals surface area contributed by atoms with E-state index in [1.165, 1.54) is 16.2 Å². The molecule has 4 atom stereocenters. The number of hydrogen-bond acceptors (Lipinski definition) is 6. The van der Waals surface area contributed by atoms with Gasteiger partial charge in [-0.3, -0.25) is 9.69 Å². The number of benzene rings is 3. The molecule has 214 valence electrons. The van der Waals surface area contributed by atoms with Crippen LogP contribution in [-0.2, 0) is 4.79 Å². The summed E-state index contributed by atoms with van der Waals surface area (Å²) < 4.78 is 11.2. The predicted octanol–water partition coefficient (Wildman–Crippen LogP) is 6.81. The molecule has 1 aromatic heterocycles. The van der Waals surface area contributed by atoms with Gasteiger partial charge in [-0.25, -0.2) is 9.59 Å². The Labute approximate surface area is 247 Å². The highest BCUT2D eigenvalue weighted by Gasteiger charge is 2.65. The first-order chi connectivity index (χ1) is 20.2. The van der Waals surface area contributed by atoms with E-state index in [0.717, 1.165) is 16.0 Å². The van der Waals surface area contributed by atoms with Crippen molar-refractivity contribution in [2.75, 3.05) is 12.1 Å². The van der Waals surface area contributed by atoms with E-state index in [2.05, 4.69) is 5.32 Å². The number of carboxylic acids is 1. The molecule has 2 N–H and O–H groups in total. The zero-order valence-corrected chi connectivity index (χ0v) is 24.2. The van der Waals surface area contributed by atoms with Gasteiger partial charge in [0.2, 0.25) is 6.79 Å². The molecule has 0 spiro atoms. The summed E-state index contributed by atoms with van der Waals surface area (Å²) in [5, 5.41) is 15.8. The first kappa shape index (κ1) is 27.5. The topological polar surface area (TPSA) is 105 Å². The molecule has 4 unspecified atom stereocenters. The SMILES string of the molecule is Cc1ccccc1C(=O)C1C(c2ccc3c(c2)OCO3)N(C(=O)Nc2ccccc2)C(C)(C(=O)O)C1c1sccc1C. The molecule has 0 radical (unpaired) electrons.